The van der Waals surface area contributed by atoms with Crippen LogP contribution in [0, 0.1) is 11.8 Å². The molecule has 0 aliphatic carbocycles. The molecule has 0 heterocycles. The molecule has 84 valence electrons. The normalized spacial score (nSPS) is 13.0. The van der Waals surface area contributed by atoms with Crippen LogP contribution in [0.3, 0.4) is 0 Å². The van der Waals surface area contributed by atoms with E-state index < -0.39 is 0 Å². The van der Waals surface area contributed by atoms with Crippen molar-refractivity contribution < 1.29 is 4.79 Å². The zero-order valence-corrected chi connectivity index (χ0v) is 9.92. The second-order valence-electron chi connectivity index (χ2n) is 4.32. The lowest BCUT2D eigenvalue weighted by molar-refractivity contribution is -0.134. The molecule has 0 aliphatic rings. The number of nitrogens with zero attached hydrogens (tertiary/aromatic N) is 1. The van der Waals surface area contributed by atoms with Gasteiger partial charge in [-0.3, -0.25) is 4.79 Å². The summed E-state index contributed by atoms with van der Waals surface area (Å²) in [7, 11) is 1.86. The first-order chi connectivity index (χ1) is 6.52. The van der Waals surface area contributed by atoms with Crippen LogP contribution >= 0.6 is 0 Å². The highest BCUT2D eigenvalue weighted by atomic mass is 16.2. The molecule has 14 heavy (non-hydrogen) atoms. The van der Waals surface area contributed by atoms with Gasteiger partial charge in [0.25, 0.3) is 0 Å². The van der Waals surface area contributed by atoms with Crippen molar-refractivity contribution in [1.29, 1.82) is 0 Å². The summed E-state index contributed by atoms with van der Waals surface area (Å²) < 4.78 is 0. The monoisotopic (exact) mass is 200 g/mol. The van der Waals surface area contributed by atoms with E-state index in [1.54, 1.807) is 4.90 Å². The Balaban J connectivity index is 4.15. The van der Waals surface area contributed by atoms with Gasteiger partial charge in [-0.15, -0.1) is 0 Å². The summed E-state index contributed by atoms with van der Waals surface area (Å²) in [5.41, 5.74) is 5.61. The summed E-state index contributed by atoms with van der Waals surface area (Å²) in [6, 6.07) is 0. The van der Waals surface area contributed by atoms with E-state index in [1.165, 1.54) is 0 Å². The Labute approximate surface area is 87.6 Å². The van der Waals surface area contributed by atoms with Gasteiger partial charge in [0.1, 0.15) is 0 Å². The first kappa shape index (κ1) is 13.4. The number of hydrogen-bond acceptors (Lipinski definition) is 2. The number of hydrogen-bond donors (Lipinski definition) is 1. The van der Waals surface area contributed by atoms with Gasteiger partial charge < -0.3 is 10.6 Å². The minimum absolute atomic E-state index is 0.00606. The minimum atomic E-state index is 0.00606. The van der Waals surface area contributed by atoms with Crippen LogP contribution in [0.15, 0.2) is 0 Å². The smallest absolute Gasteiger partial charge is 0.226 e. The molecule has 0 aromatic heterocycles. The van der Waals surface area contributed by atoms with Crippen molar-refractivity contribution in [2.24, 2.45) is 17.6 Å². The molecular formula is C11H24N2O. The van der Waals surface area contributed by atoms with Gasteiger partial charge >= 0.3 is 0 Å². The summed E-state index contributed by atoms with van der Waals surface area (Å²) in [5, 5.41) is 0. The fourth-order valence-corrected chi connectivity index (χ4v) is 1.62. The van der Waals surface area contributed by atoms with Crippen molar-refractivity contribution in [3.63, 3.8) is 0 Å². The Morgan fingerprint density at radius 2 is 2.00 bits per heavy atom. The maximum absolute atomic E-state index is 11.8. The van der Waals surface area contributed by atoms with E-state index in [0.29, 0.717) is 12.5 Å². The molecule has 0 saturated heterocycles. The topological polar surface area (TPSA) is 46.3 Å². The second kappa shape index (κ2) is 6.82. The lowest BCUT2D eigenvalue weighted by atomic mass is 9.96. The van der Waals surface area contributed by atoms with E-state index >= 15 is 0 Å². The van der Waals surface area contributed by atoms with E-state index in [1.807, 2.05) is 7.05 Å². The average Bonchev–Trinajstić information content (AvgIpc) is 2.13. The van der Waals surface area contributed by atoms with Gasteiger partial charge in [0.15, 0.2) is 0 Å². The van der Waals surface area contributed by atoms with Gasteiger partial charge in [-0.05, 0) is 18.8 Å². The molecule has 0 bridgehead atoms. The van der Waals surface area contributed by atoms with Crippen LogP contribution in [0.2, 0.25) is 0 Å². The fourth-order valence-electron chi connectivity index (χ4n) is 1.62. The van der Waals surface area contributed by atoms with Gasteiger partial charge in [0, 0.05) is 20.1 Å². The predicted molar refractivity (Wildman–Crippen MR) is 59.9 cm³/mol. The quantitative estimate of drug-likeness (QED) is 0.706. The number of nitrogens with two attached hydrogens (primary N) is 1. The van der Waals surface area contributed by atoms with E-state index in [-0.39, 0.29) is 11.8 Å². The maximum atomic E-state index is 11.8. The summed E-state index contributed by atoms with van der Waals surface area (Å²) in [4.78, 5) is 13.6. The predicted octanol–water partition coefficient (Wildman–Crippen LogP) is 1.48. The lowest BCUT2D eigenvalue weighted by Crippen LogP contribution is -2.37. The van der Waals surface area contributed by atoms with Crippen LogP contribution in [0.25, 0.3) is 0 Å². The molecule has 0 radical (unpaired) electrons. The summed E-state index contributed by atoms with van der Waals surface area (Å²) in [6.07, 6.45) is 1.89. The molecule has 3 heteroatoms. The first-order valence-electron chi connectivity index (χ1n) is 5.47. The molecule has 0 aliphatic heterocycles. The Hall–Kier alpha value is -0.570. The highest BCUT2D eigenvalue weighted by Gasteiger charge is 2.20. The van der Waals surface area contributed by atoms with Crippen LogP contribution in [-0.2, 0) is 4.79 Å². The van der Waals surface area contributed by atoms with Crippen molar-refractivity contribution in [2.45, 2.75) is 33.6 Å². The third-order valence-corrected chi connectivity index (χ3v) is 2.32. The summed E-state index contributed by atoms with van der Waals surface area (Å²) >= 11 is 0. The average molecular weight is 200 g/mol. The lowest BCUT2D eigenvalue weighted by Gasteiger charge is -2.23. The highest BCUT2D eigenvalue weighted by molar-refractivity contribution is 5.78. The van der Waals surface area contributed by atoms with Gasteiger partial charge in [-0.25, -0.2) is 0 Å². The molecule has 0 aromatic carbocycles. The standard InChI is InChI=1S/C11H24N2O/c1-5-6-13(4)11(14)10(8-12)7-9(2)3/h9-10H,5-8,12H2,1-4H3. The largest absolute Gasteiger partial charge is 0.345 e. The van der Waals surface area contributed by atoms with Crippen LogP contribution in [0.4, 0.5) is 0 Å². The molecule has 0 spiro atoms. The van der Waals surface area contributed by atoms with E-state index in [0.717, 1.165) is 19.4 Å². The third kappa shape index (κ3) is 4.61. The molecule has 2 N–H and O–H groups in total. The minimum Gasteiger partial charge on any atom is -0.345 e. The zero-order valence-electron chi connectivity index (χ0n) is 9.92. The van der Waals surface area contributed by atoms with Crippen LogP contribution in [-0.4, -0.2) is 30.9 Å². The molecule has 0 aromatic rings. The molecule has 1 unspecified atom stereocenters. The number of rotatable bonds is 6. The molecular weight excluding hydrogens is 176 g/mol. The molecule has 1 amide bonds. The zero-order chi connectivity index (χ0) is 11.1. The van der Waals surface area contributed by atoms with Gasteiger partial charge in [0.2, 0.25) is 5.91 Å². The van der Waals surface area contributed by atoms with Crippen LogP contribution in [0.1, 0.15) is 33.6 Å². The fraction of sp³-hybridized carbons (Fsp3) is 0.909. The number of carbonyl (C=O) groups is 1. The molecule has 0 fully saturated rings. The van der Waals surface area contributed by atoms with E-state index in [9.17, 15) is 4.79 Å². The van der Waals surface area contributed by atoms with Gasteiger partial charge in [0.05, 0.1) is 5.92 Å². The maximum Gasteiger partial charge on any atom is 0.226 e. The number of carbonyl (C=O) groups excluding carboxylic acids is 1. The molecule has 1 atom stereocenters. The Bertz CT molecular complexity index is 169. The Morgan fingerprint density at radius 3 is 2.36 bits per heavy atom. The van der Waals surface area contributed by atoms with Crippen molar-refractivity contribution in [3.05, 3.63) is 0 Å². The highest BCUT2D eigenvalue weighted by Crippen LogP contribution is 2.13. The number of amides is 1. The third-order valence-electron chi connectivity index (χ3n) is 2.32. The van der Waals surface area contributed by atoms with Crippen molar-refractivity contribution in [3.8, 4) is 0 Å². The second-order valence-corrected chi connectivity index (χ2v) is 4.32. The SMILES string of the molecule is CCCN(C)C(=O)C(CN)CC(C)C. The summed E-state index contributed by atoms with van der Waals surface area (Å²) in [6.45, 7) is 7.60. The van der Waals surface area contributed by atoms with E-state index in [2.05, 4.69) is 20.8 Å². The van der Waals surface area contributed by atoms with Crippen molar-refractivity contribution in [2.75, 3.05) is 20.1 Å². The molecule has 0 rings (SSSR count). The van der Waals surface area contributed by atoms with Gasteiger partial charge in [-0.2, -0.15) is 0 Å². The van der Waals surface area contributed by atoms with E-state index in [4.69, 9.17) is 5.73 Å². The Morgan fingerprint density at radius 1 is 1.43 bits per heavy atom. The summed E-state index contributed by atoms with van der Waals surface area (Å²) in [5.74, 6) is 0.733. The van der Waals surface area contributed by atoms with Crippen LogP contribution < -0.4 is 5.73 Å². The van der Waals surface area contributed by atoms with Crippen LogP contribution in [0.5, 0.6) is 0 Å². The molecule has 3 nitrogen and oxygen atoms in total. The van der Waals surface area contributed by atoms with Gasteiger partial charge in [-0.1, -0.05) is 20.8 Å². The van der Waals surface area contributed by atoms with Crippen molar-refractivity contribution >= 4 is 5.91 Å². The first-order valence-corrected chi connectivity index (χ1v) is 5.47. The molecule has 0 saturated carbocycles. The van der Waals surface area contributed by atoms with Crippen molar-refractivity contribution in [1.82, 2.24) is 4.90 Å². The Kier molecular flexibility index (Phi) is 6.54.